The van der Waals surface area contributed by atoms with E-state index in [9.17, 15) is 5.11 Å². The normalized spacial score (nSPS) is 10.9. The summed E-state index contributed by atoms with van der Waals surface area (Å²) in [6, 6.07) is 9.34. The fourth-order valence-electron chi connectivity index (χ4n) is 2.01. The number of phenolic OH excluding ortho intramolecular Hbond substituents is 1. The lowest BCUT2D eigenvalue weighted by atomic mass is 9.99. The lowest BCUT2D eigenvalue weighted by Gasteiger charge is -2.08. The van der Waals surface area contributed by atoms with E-state index in [1.54, 1.807) is 6.07 Å². The third-order valence-corrected chi connectivity index (χ3v) is 2.88. The van der Waals surface area contributed by atoms with Crippen LogP contribution in [-0.2, 0) is 0 Å². The molecular weight excluding hydrogens is 216 g/mol. The molecule has 0 aliphatic rings. The van der Waals surface area contributed by atoms with Crippen molar-refractivity contribution in [2.45, 2.75) is 6.92 Å². The van der Waals surface area contributed by atoms with Gasteiger partial charge in [0, 0.05) is 10.9 Å². The Morgan fingerprint density at radius 1 is 1.18 bits per heavy atom. The van der Waals surface area contributed by atoms with E-state index in [2.05, 4.69) is 10.2 Å². The highest BCUT2D eigenvalue weighted by Gasteiger charge is 2.12. The van der Waals surface area contributed by atoms with Gasteiger partial charge in [-0.3, -0.25) is 0 Å². The second-order valence-corrected chi connectivity index (χ2v) is 3.86. The number of hydrogen-bond donors (Lipinski definition) is 1. The van der Waals surface area contributed by atoms with Gasteiger partial charge in [0.25, 0.3) is 0 Å². The minimum atomic E-state index is 0.222. The molecule has 0 fully saturated rings. The number of nitrogens with zero attached hydrogens (tertiary/aromatic N) is 2. The molecule has 0 radical (unpaired) electrons. The maximum absolute atomic E-state index is 9.99. The molecule has 0 saturated heterocycles. The fraction of sp³-hybridized carbons (Fsp3) is 0.0769. The van der Waals surface area contributed by atoms with Crippen molar-refractivity contribution in [3.05, 3.63) is 42.3 Å². The van der Waals surface area contributed by atoms with E-state index in [-0.39, 0.29) is 5.75 Å². The molecule has 0 saturated carbocycles. The quantitative estimate of drug-likeness (QED) is 0.693. The van der Waals surface area contributed by atoms with Crippen LogP contribution >= 0.6 is 0 Å². The monoisotopic (exact) mass is 226 g/mol. The topological polar surface area (TPSA) is 59.2 Å². The molecule has 0 amide bonds. The Hall–Kier alpha value is -2.36. The second-order valence-electron chi connectivity index (χ2n) is 3.86. The SMILES string of the molecule is Cc1c(-c2nnco2)cc(O)c2ccccc12. The average molecular weight is 226 g/mol. The predicted molar refractivity (Wildman–Crippen MR) is 63.6 cm³/mol. The first-order chi connectivity index (χ1) is 8.27. The van der Waals surface area contributed by atoms with E-state index in [1.807, 2.05) is 31.2 Å². The third kappa shape index (κ3) is 1.45. The summed E-state index contributed by atoms with van der Waals surface area (Å²) in [4.78, 5) is 0. The van der Waals surface area contributed by atoms with Crippen LogP contribution in [-0.4, -0.2) is 15.3 Å². The number of aromatic hydroxyl groups is 1. The number of benzene rings is 2. The molecule has 1 N–H and O–H groups in total. The highest BCUT2D eigenvalue weighted by molar-refractivity contribution is 5.95. The Bertz CT molecular complexity index is 675. The van der Waals surface area contributed by atoms with Crippen molar-refractivity contribution < 1.29 is 9.52 Å². The molecule has 4 nitrogen and oxygen atoms in total. The van der Waals surface area contributed by atoms with Crippen LogP contribution in [0, 0.1) is 6.92 Å². The van der Waals surface area contributed by atoms with Crippen molar-refractivity contribution in [1.29, 1.82) is 0 Å². The summed E-state index contributed by atoms with van der Waals surface area (Å²) in [5.74, 6) is 0.642. The zero-order valence-electron chi connectivity index (χ0n) is 9.21. The Balaban J connectivity index is 2.39. The maximum Gasteiger partial charge on any atom is 0.247 e. The molecule has 0 aliphatic carbocycles. The molecule has 0 aliphatic heterocycles. The second kappa shape index (κ2) is 3.59. The van der Waals surface area contributed by atoms with Gasteiger partial charge >= 0.3 is 0 Å². The smallest absolute Gasteiger partial charge is 0.247 e. The highest BCUT2D eigenvalue weighted by Crippen LogP contribution is 2.34. The molecule has 1 heterocycles. The molecule has 3 rings (SSSR count). The minimum absolute atomic E-state index is 0.222. The molecule has 0 bridgehead atoms. The molecule has 17 heavy (non-hydrogen) atoms. The van der Waals surface area contributed by atoms with Gasteiger partial charge in [-0.15, -0.1) is 10.2 Å². The Labute approximate surface area is 97.5 Å². The van der Waals surface area contributed by atoms with Crippen LogP contribution in [0.2, 0.25) is 0 Å². The lowest BCUT2D eigenvalue weighted by Crippen LogP contribution is -1.87. The molecule has 0 spiro atoms. The average Bonchev–Trinajstić information content (AvgIpc) is 2.87. The fourth-order valence-corrected chi connectivity index (χ4v) is 2.01. The number of aryl methyl sites for hydroxylation is 1. The summed E-state index contributed by atoms with van der Waals surface area (Å²) in [6.07, 6.45) is 1.28. The van der Waals surface area contributed by atoms with Crippen molar-refractivity contribution >= 4 is 10.8 Å². The summed E-state index contributed by atoms with van der Waals surface area (Å²) < 4.78 is 5.17. The van der Waals surface area contributed by atoms with Gasteiger partial charge in [-0.2, -0.15) is 0 Å². The maximum atomic E-state index is 9.99. The zero-order chi connectivity index (χ0) is 11.8. The van der Waals surface area contributed by atoms with Crippen LogP contribution in [0.25, 0.3) is 22.2 Å². The number of aromatic nitrogens is 2. The van der Waals surface area contributed by atoms with Crippen molar-refractivity contribution in [2.24, 2.45) is 0 Å². The van der Waals surface area contributed by atoms with Gasteiger partial charge in [-0.1, -0.05) is 24.3 Å². The molecular formula is C13H10N2O2. The Kier molecular flexibility index (Phi) is 2.08. The van der Waals surface area contributed by atoms with E-state index in [4.69, 9.17) is 4.42 Å². The van der Waals surface area contributed by atoms with Gasteiger partial charge < -0.3 is 9.52 Å². The molecule has 1 aromatic heterocycles. The predicted octanol–water partition coefficient (Wildman–Crippen LogP) is 2.90. The largest absolute Gasteiger partial charge is 0.507 e. The van der Waals surface area contributed by atoms with Gasteiger partial charge in [0.2, 0.25) is 12.3 Å². The molecule has 84 valence electrons. The standard InChI is InChI=1S/C13H10N2O2/c1-8-9-4-2-3-5-10(9)12(16)6-11(8)13-15-14-7-17-13/h2-7,16H,1H3. The van der Waals surface area contributed by atoms with Crippen molar-refractivity contribution in [3.63, 3.8) is 0 Å². The summed E-state index contributed by atoms with van der Waals surface area (Å²) in [5, 5.41) is 19.3. The van der Waals surface area contributed by atoms with E-state index in [0.717, 1.165) is 21.9 Å². The Morgan fingerprint density at radius 2 is 1.94 bits per heavy atom. The molecule has 0 atom stereocenters. The van der Waals surface area contributed by atoms with Gasteiger partial charge in [-0.05, 0) is 23.9 Å². The Morgan fingerprint density at radius 3 is 2.65 bits per heavy atom. The number of phenols is 1. The van der Waals surface area contributed by atoms with Gasteiger partial charge in [-0.25, -0.2) is 0 Å². The first kappa shape index (κ1) is 9.84. The lowest BCUT2D eigenvalue weighted by molar-refractivity contribution is 0.481. The highest BCUT2D eigenvalue weighted by atomic mass is 16.4. The van der Waals surface area contributed by atoms with Crippen LogP contribution in [0.4, 0.5) is 0 Å². The molecule has 0 unspecified atom stereocenters. The summed E-state index contributed by atoms with van der Waals surface area (Å²) in [6.45, 7) is 1.97. The molecule has 2 aromatic carbocycles. The number of rotatable bonds is 1. The van der Waals surface area contributed by atoms with Crippen molar-refractivity contribution in [3.8, 4) is 17.2 Å². The first-order valence-corrected chi connectivity index (χ1v) is 5.25. The summed E-state index contributed by atoms with van der Waals surface area (Å²) in [5.41, 5.74) is 1.78. The van der Waals surface area contributed by atoms with E-state index < -0.39 is 0 Å². The summed E-state index contributed by atoms with van der Waals surface area (Å²) in [7, 11) is 0. The van der Waals surface area contributed by atoms with E-state index in [1.165, 1.54) is 6.39 Å². The zero-order valence-corrected chi connectivity index (χ0v) is 9.21. The number of fused-ring (bicyclic) bond motifs is 1. The van der Waals surface area contributed by atoms with Crippen LogP contribution in [0.5, 0.6) is 5.75 Å². The van der Waals surface area contributed by atoms with Gasteiger partial charge in [0.1, 0.15) is 5.75 Å². The molecule has 4 heteroatoms. The minimum Gasteiger partial charge on any atom is -0.507 e. The molecule has 3 aromatic rings. The van der Waals surface area contributed by atoms with E-state index in [0.29, 0.717) is 5.89 Å². The number of hydrogen-bond acceptors (Lipinski definition) is 4. The first-order valence-electron chi connectivity index (χ1n) is 5.25. The van der Waals surface area contributed by atoms with E-state index >= 15 is 0 Å². The van der Waals surface area contributed by atoms with Gasteiger partial charge in [0.05, 0.1) is 0 Å². The van der Waals surface area contributed by atoms with Crippen LogP contribution in [0.3, 0.4) is 0 Å². The van der Waals surface area contributed by atoms with Crippen LogP contribution in [0.15, 0.2) is 41.1 Å². The van der Waals surface area contributed by atoms with Crippen LogP contribution < -0.4 is 0 Å². The van der Waals surface area contributed by atoms with Crippen molar-refractivity contribution in [2.75, 3.05) is 0 Å². The third-order valence-electron chi connectivity index (χ3n) is 2.88. The van der Waals surface area contributed by atoms with Crippen molar-refractivity contribution in [1.82, 2.24) is 10.2 Å². The van der Waals surface area contributed by atoms with Gasteiger partial charge in [0.15, 0.2) is 0 Å². The van der Waals surface area contributed by atoms with Crippen LogP contribution in [0.1, 0.15) is 5.56 Å². The summed E-state index contributed by atoms with van der Waals surface area (Å²) >= 11 is 0.